The molecule has 0 radical (unpaired) electrons. The molecular weight excluding hydrogens is 279 g/mol. The zero-order valence-corrected chi connectivity index (χ0v) is 11.6. The Morgan fingerprint density at radius 2 is 1.67 bits per heavy atom. The molecule has 2 rings (SSSR count). The molecule has 1 amide bonds. The molecule has 0 saturated heterocycles. The Kier molecular flexibility index (Phi) is 4.31. The number of aryl methyl sites for hydroxylation is 1. The Morgan fingerprint density at radius 1 is 1.05 bits per heavy atom. The fourth-order valence-corrected chi connectivity index (χ4v) is 2.09. The predicted octanol–water partition coefficient (Wildman–Crippen LogP) is 3.90. The van der Waals surface area contributed by atoms with Crippen LogP contribution in [0.4, 0.5) is 13.2 Å². The highest BCUT2D eigenvalue weighted by Crippen LogP contribution is 2.19. The molecule has 110 valence electrons. The Labute approximate surface area is 120 Å². The average Bonchev–Trinajstić information content (AvgIpc) is 2.37. The van der Waals surface area contributed by atoms with E-state index in [0.717, 1.165) is 12.1 Å². The Balaban J connectivity index is 2.18. The lowest BCUT2D eigenvalue weighted by Crippen LogP contribution is -2.27. The monoisotopic (exact) mass is 293 g/mol. The fraction of sp³-hybridized carbons (Fsp3) is 0.188. The van der Waals surface area contributed by atoms with Crippen molar-refractivity contribution in [2.75, 3.05) is 0 Å². The number of hydrogen-bond donors (Lipinski definition) is 1. The van der Waals surface area contributed by atoms with Crippen molar-refractivity contribution in [2.45, 2.75) is 19.9 Å². The lowest BCUT2D eigenvalue weighted by atomic mass is 10.0. The molecule has 0 aliphatic rings. The second-order valence-electron chi connectivity index (χ2n) is 4.82. The largest absolute Gasteiger partial charge is 0.345 e. The van der Waals surface area contributed by atoms with Gasteiger partial charge >= 0.3 is 0 Å². The number of nitrogens with one attached hydrogen (secondary N) is 1. The molecule has 0 heterocycles. The summed E-state index contributed by atoms with van der Waals surface area (Å²) in [5.41, 5.74) is 0.981. The van der Waals surface area contributed by atoms with Crippen molar-refractivity contribution in [3.05, 3.63) is 70.5 Å². The smallest absolute Gasteiger partial charge is 0.252 e. The van der Waals surface area contributed by atoms with Crippen LogP contribution in [0, 0.1) is 24.4 Å². The summed E-state index contributed by atoms with van der Waals surface area (Å²) in [6.07, 6.45) is 0. The molecule has 0 aliphatic carbocycles. The SMILES string of the molecule is Cc1cc(F)ccc1C(=O)NC(C)c1ccc(F)cc1F. The van der Waals surface area contributed by atoms with Crippen LogP contribution in [0.3, 0.4) is 0 Å². The summed E-state index contributed by atoms with van der Waals surface area (Å²) >= 11 is 0. The molecule has 0 aliphatic heterocycles. The van der Waals surface area contributed by atoms with Crippen LogP contribution in [0.5, 0.6) is 0 Å². The van der Waals surface area contributed by atoms with Crippen LogP contribution in [0.25, 0.3) is 0 Å². The van der Waals surface area contributed by atoms with E-state index < -0.39 is 29.4 Å². The van der Waals surface area contributed by atoms with Crippen molar-refractivity contribution in [1.82, 2.24) is 5.32 Å². The van der Waals surface area contributed by atoms with Crippen molar-refractivity contribution < 1.29 is 18.0 Å². The van der Waals surface area contributed by atoms with Crippen LogP contribution >= 0.6 is 0 Å². The zero-order valence-electron chi connectivity index (χ0n) is 11.6. The number of amides is 1. The van der Waals surface area contributed by atoms with Gasteiger partial charge in [-0.1, -0.05) is 6.07 Å². The van der Waals surface area contributed by atoms with Gasteiger partial charge in [0.1, 0.15) is 17.5 Å². The van der Waals surface area contributed by atoms with Gasteiger partial charge in [-0.15, -0.1) is 0 Å². The molecule has 21 heavy (non-hydrogen) atoms. The van der Waals surface area contributed by atoms with Crippen LogP contribution < -0.4 is 5.32 Å². The van der Waals surface area contributed by atoms with E-state index in [9.17, 15) is 18.0 Å². The number of rotatable bonds is 3. The molecule has 5 heteroatoms. The molecule has 0 aromatic heterocycles. The number of halogens is 3. The summed E-state index contributed by atoms with van der Waals surface area (Å²) in [6, 6.07) is 6.34. The Bertz CT molecular complexity index is 685. The maximum Gasteiger partial charge on any atom is 0.252 e. The van der Waals surface area contributed by atoms with Gasteiger partial charge < -0.3 is 5.32 Å². The summed E-state index contributed by atoms with van der Waals surface area (Å²) in [5, 5.41) is 2.61. The maximum absolute atomic E-state index is 13.6. The summed E-state index contributed by atoms with van der Waals surface area (Å²) in [7, 11) is 0. The van der Waals surface area contributed by atoms with E-state index in [-0.39, 0.29) is 5.56 Å². The van der Waals surface area contributed by atoms with Crippen LogP contribution in [0.2, 0.25) is 0 Å². The van der Waals surface area contributed by atoms with E-state index >= 15 is 0 Å². The quantitative estimate of drug-likeness (QED) is 0.913. The first-order chi connectivity index (χ1) is 9.88. The Morgan fingerprint density at radius 3 is 2.29 bits per heavy atom. The third-order valence-corrected chi connectivity index (χ3v) is 3.21. The summed E-state index contributed by atoms with van der Waals surface area (Å²) in [4.78, 5) is 12.1. The average molecular weight is 293 g/mol. The first kappa shape index (κ1) is 15.1. The molecule has 1 unspecified atom stereocenters. The van der Waals surface area contributed by atoms with Gasteiger partial charge in [-0.05, 0) is 43.7 Å². The highest BCUT2D eigenvalue weighted by atomic mass is 19.1. The molecule has 0 fully saturated rings. The molecular formula is C16H14F3NO. The highest BCUT2D eigenvalue weighted by Gasteiger charge is 2.16. The summed E-state index contributed by atoms with van der Waals surface area (Å²) < 4.78 is 39.5. The first-order valence-corrected chi connectivity index (χ1v) is 6.40. The minimum absolute atomic E-state index is 0.185. The minimum Gasteiger partial charge on any atom is -0.345 e. The van der Waals surface area contributed by atoms with E-state index in [1.165, 1.54) is 24.3 Å². The van der Waals surface area contributed by atoms with Gasteiger partial charge in [-0.3, -0.25) is 4.79 Å². The van der Waals surface area contributed by atoms with Crippen molar-refractivity contribution in [1.29, 1.82) is 0 Å². The van der Waals surface area contributed by atoms with Crippen molar-refractivity contribution >= 4 is 5.91 Å². The third-order valence-electron chi connectivity index (χ3n) is 3.21. The second kappa shape index (κ2) is 5.99. The van der Waals surface area contributed by atoms with E-state index in [4.69, 9.17) is 0 Å². The Hall–Kier alpha value is -2.30. The van der Waals surface area contributed by atoms with Gasteiger partial charge in [-0.25, -0.2) is 13.2 Å². The standard InChI is InChI=1S/C16H14F3NO/c1-9-7-11(17)3-5-13(9)16(21)20-10(2)14-6-4-12(18)8-15(14)19/h3-8,10H,1-2H3,(H,20,21). The number of carbonyl (C=O) groups is 1. The predicted molar refractivity (Wildman–Crippen MR) is 73.4 cm³/mol. The molecule has 0 bridgehead atoms. The molecule has 1 N–H and O–H groups in total. The second-order valence-corrected chi connectivity index (χ2v) is 4.82. The number of benzene rings is 2. The molecule has 0 spiro atoms. The van der Waals surface area contributed by atoms with Crippen LogP contribution in [0.15, 0.2) is 36.4 Å². The molecule has 2 aromatic rings. The number of hydrogen-bond acceptors (Lipinski definition) is 1. The lowest BCUT2D eigenvalue weighted by Gasteiger charge is -2.16. The molecule has 1 atom stereocenters. The number of carbonyl (C=O) groups excluding carboxylic acids is 1. The van der Waals surface area contributed by atoms with E-state index in [0.29, 0.717) is 11.1 Å². The normalized spacial score (nSPS) is 12.0. The zero-order chi connectivity index (χ0) is 15.6. The molecule has 0 saturated carbocycles. The maximum atomic E-state index is 13.6. The molecule has 2 aromatic carbocycles. The van der Waals surface area contributed by atoms with Gasteiger partial charge in [0.2, 0.25) is 0 Å². The van der Waals surface area contributed by atoms with Crippen LogP contribution in [0.1, 0.15) is 34.5 Å². The van der Waals surface area contributed by atoms with Gasteiger partial charge in [0.15, 0.2) is 0 Å². The minimum atomic E-state index is -0.723. The van der Waals surface area contributed by atoms with E-state index in [1.807, 2.05) is 0 Å². The van der Waals surface area contributed by atoms with Gasteiger partial charge in [0.25, 0.3) is 5.91 Å². The molecule has 2 nitrogen and oxygen atoms in total. The summed E-state index contributed by atoms with van der Waals surface area (Å²) in [5.74, 6) is -2.27. The fourth-order valence-electron chi connectivity index (χ4n) is 2.09. The lowest BCUT2D eigenvalue weighted by molar-refractivity contribution is 0.0938. The van der Waals surface area contributed by atoms with Crippen LogP contribution in [-0.4, -0.2) is 5.91 Å². The third kappa shape index (κ3) is 3.42. The van der Waals surface area contributed by atoms with E-state index in [2.05, 4.69) is 5.32 Å². The highest BCUT2D eigenvalue weighted by molar-refractivity contribution is 5.95. The van der Waals surface area contributed by atoms with E-state index in [1.54, 1.807) is 13.8 Å². The van der Waals surface area contributed by atoms with Gasteiger partial charge in [-0.2, -0.15) is 0 Å². The van der Waals surface area contributed by atoms with Crippen molar-refractivity contribution in [2.24, 2.45) is 0 Å². The van der Waals surface area contributed by atoms with Crippen LogP contribution in [-0.2, 0) is 0 Å². The van der Waals surface area contributed by atoms with Crippen molar-refractivity contribution in [3.8, 4) is 0 Å². The topological polar surface area (TPSA) is 29.1 Å². The van der Waals surface area contributed by atoms with Crippen molar-refractivity contribution in [3.63, 3.8) is 0 Å². The van der Waals surface area contributed by atoms with Gasteiger partial charge in [0.05, 0.1) is 6.04 Å². The van der Waals surface area contributed by atoms with Gasteiger partial charge in [0, 0.05) is 17.2 Å². The first-order valence-electron chi connectivity index (χ1n) is 6.40. The summed E-state index contributed by atoms with van der Waals surface area (Å²) in [6.45, 7) is 3.20.